The summed E-state index contributed by atoms with van der Waals surface area (Å²) in [7, 11) is 1.60. The van der Waals surface area contributed by atoms with E-state index in [4.69, 9.17) is 14.5 Å². The summed E-state index contributed by atoms with van der Waals surface area (Å²) in [5.41, 5.74) is 4.76. The number of ether oxygens (including phenoxy) is 2. The summed E-state index contributed by atoms with van der Waals surface area (Å²) in [6.07, 6.45) is 2.01. The molecule has 0 fully saturated rings. The number of aromatic nitrogens is 1. The zero-order chi connectivity index (χ0) is 29.3. The first-order valence-electron chi connectivity index (χ1n) is 13.1. The van der Waals surface area contributed by atoms with E-state index in [9.17, 15) is 18.3 Å². The molecule has 0 radical (unpaired) electrons. The van der Waals surface area contributed by atoms with Crippen molar-refractivity contribution in [3.8, 4) is 11.6 Å². The molecule has 1 aliphatic rings. The van der Waals surface area contributed by atoms with Crippen molar-refractivity contribution < 1.29 is 27.8 Å². The van der Waals surface area contributed by atoms with Gasteiger partial charge in [0.2, 0.25) is 10.0 Å². The molecule has 0 saturated heterocycles. The van der Waals surface area contributed by atoms with Crippen molar-refractivity contribution in [3.63, 3.8) is 0 Å². The lowest BCUT2D eigenvalue weighted by Crippen LogP contribution is -2.35. The predicted octanol–water partition coefficient (Wildman–Crippen LogP) is 4.09. The van der Waals surface area contributed by atoms with Crippen molar-refractivity contribution >= 4 is 44.0 Å². The van der Waals surface area contributed by atoms with Gasteiger partial charge in [-0.2, -0.15) is 0 Å². The Hall–Kier alpha value is -4.35. The number of nitrogens with one attached hydrogen (secondary N) is 1. The van der Waals surface area contributed by atoms with E-state index in [-0.39, 0.29) is 5.88 Å². The minimum Gasteiger partial charge on any atom is -0.494 e. The Labute approximate surface area is 238 Å². The van der Waals surface area contributed by atoms with Crippen molar-refractivity contribution in [3.05, 3.63) is 82.9 Å². The van der Waals surface area contributed by atoms with E-state index in [2.05, 4.69) is 4.98 Å². The lowest BCUT2D eigenvalue weighted by atomic mass is 9.98. The minimum absolute atomic E-state index is 0.106. The smallest absolute Gasteiger partial charge is 0.337 e. The standard InChI is InChI=1S/C30H32N4O6S/c1-33(2)14-15-34(41(4,37)38)23-10-8-22(9-11-23)31-28(20-6-5-19-13-16-40-26(19)18-20)27-24-12-7-21(30(36)39-3)17-25(24)32-29(27)35/h5-12,17-18,32,35H,13-16H2,1-4H3. The molecule has 0 spiro atoms. The summed E-state index contributed by atoms with van der Waals surface area (Å²) in [5, 5.41) is 11.7. The molecule has 214 valence electrons. The number of hydrogen-bond acceptors (Lipinski definition) is 8. The van der Waals surface area contributed by atoms with E-state index in [1.807, 2.05) is 37.2 Å². The highest BCUT2D eigenvalue weighted by atomic mass is 32.2. The number of H-pyrrole nitrogens is 1. The van der Waals surface area contributed by atoms with Crippen LogP contribution in [0.15, 0.2) is 65.7 Å². The molecule has 0 atom stereocenters. The van der Waals surface area contributed by atoms with Crippen LogP contribution in [0.5, 0.6) is 11.6 Å². The summed E-state index contributed by atoms with van der Waals surface area (Å²) in [5.74, 6) is 0.175. The summed E-state index contributed by atoms with van der Waals surface area (Å²) in [4.78, 5) is 21.9. The molecule has 2 heterocycles. The number of anilines is 1. The van der Waals surface area contributed by atoms with Crippen LogP contribution in [0, 0.1) is 0 Å². The maximum atomic E-state index is 12.5. The van der Waals surface area contributed by atoms with E-state index in [0.717, 1.165) is 23.3 Å². The highest BCUT2D eigenvalue weighted by Gasteiger charge is 2.23. The van der Waals surface area contributed by atoms with Gasteiger partial charge in [-0.3, -0.25) is 4.31 Å². The maximum absolute atomic E-state index is 12.5. The van der Waals surface area contributed by atoms with Gasteiger partial charge in [-0.25, -0.2) is 18.2 Å². The largest absolute Gasteiger partial charge is 0.494 e. The number of nitrogens with zero attached hydrogens (tertiary/aromatic N) is 3. The minimum atomic E-state index is -3.49. The molecular formula is C30H32N4O6S. The molecule has 2 N–H and O–H groups in total. The van der Waals surface area contributed by atoms with E-state index < -0.39 is 16.0 Å². The Morgan fingerprint density at radius 2 is 1.78 bits per heavy atom. The van der Waals surface area contributed by atoms with Gasteiger partial charge in [0.15, 0.2) is 5.88 Å². The van der Waals surface area contributed by atoms with Gasteiger partial charge in [0.1, 0.15) is 5.75 Å². The number of fused-ring (bicyclic) bond motifs is 2. The number of rotatable bonds is 9. The molecule has 0 unspecified atom stereocenters. The van der Waals surface area contributed by atoms with Gasteiger partial charge in [-0.15, -0.1) is 0 Å². The van der Waals surface area contributed by atoms with E-state index >= 15 is 0 Å². The molecular weight excluding hydrogens is 544 g/mol. The highest BCUT2D eigenvalue weighted by Crippen LogP contribution is 2.35. The zero-order valence-corrected chi connectivity index (χ0v) is 24.2. The Bertz CT molecular complexity index is 1740. The molecule has 11 heteroatoms. The topological polar surface area (TPSA) is 125 Å². The number of aromatic hydroxyl groups is 1. The molecule has 0 saturated carbocycles. The van der Waals surface area contributed by atoms with Crippen LogP contribution >= 0.6 is 0 Å². The van der Waals surface area contributed by atoms with E-state index in [0.29, 0.717) is 58.8 Å². The predicted molar refractivity (Wildman–Crippen MR) is 159 cm³/mol. The number of likely N-dealkylation sites (N-methyl/N-ethyl adjacent to an activating group) is 1. The molecule has 1 aliphatic heterocycles. The van der Waals surface area contributed by atoms with Crippen LogP contribution in [-0.2, 0) is 21.2 Å². The number of aromatic amines is 1. The second kappa shape index (κ2) is 11.3. The summed E-state index contributed by atoms with van der Waals surface area (Å²) in [6.45, 7) is 1.48. The highest BCUT2D eigenvalue weighted by molar-refractivity contribution is 7.92. The van der Waals surface area contributed by atoms with Crippen LogP contribution in [0.2, 0.25) is 0 Å². The van der Waals surface area contributed by atoms with Crippen molar-refractivity contribution in [2.45, 2.75) is 6.42 Å². The molecule has 1 aromatic heterocycles. The average Bonchev–Trinajstić information content (AvgIpc) is 3.53. The fourth-order valence-corrected chi connectivity index (χ4v) is 5.76. The number of esters is 1. The van der Waals surface area contributed by atoms with Crippen LogP contribution in [-0.4, -0.2) is 82.2 Å². The third kappa shape index (κ3) is 5.91. The molecule has 10 nitrogen and oxygen atoms in total. The first-order valence-corrected chi connectivity index (χ1v) is 14.9. The molecule has 5 rings (SSSR count). The van der Waals surface area contributed by atoms with Crippen LogP contribution < -0.4 is 9.04 Å². The molecule has 0 aliphatic carbocycles. The number of methoxy groups -OCH3 is 1. The molecule has 3 aromatic carbocycles. The Kier molecular flexibility index (Phi) is 7.74. The van der Waals surface area contributed by atoms with E-state index in [1.54, 1.807) is 42.5 Å². The SMILES string of the molecule is COC(=O)c1ccc2c(C(=Nc3ccc(N(CCN(C)C)S(C)(=O)=O)cc3)c3ccc4c(c3)OCC4)c(O)[nH]c2c1. The van der Waals surface area contributed by atoms with Crippen molar-refractivity contribution in [1.29, 1.82) is 0 Å². The van der Waals surface area contributed by atoms with Gasteiger partial charge in [0, 0.05) is 36.0 Å². The van der Waals surface area contributed by atoms with E-state index in [1.165, 1.54) is 17.7 Å². The van der Waals surface area contributed by atoms with Gasteiger partial charge < -0.3 is 24.5 Å². The first-order chi connectivity index (χ1) is 19.5. The Balaban J connectivity index is 1.61. The van der Waals surface area contributed by atoms with Crippen LogP contribution in [0.3, 0.4) is 0 Å². The second-order valence-corrected chi connectivity index (χ2v) is 12.0. The van der Waals surface area contributed by atoms with Gasteiger partial charge in [-0.1, -0.05) is 18.2 Å². The normalized spacial score (nSPS) is 13.3. The number of carbonyl (C=O) groups excluding carboxylic acids is 1. The van der Waals surface area contributed by atoms with Crippen molar-refractivity contribution in [2.24, 2.45) is 4.99 Å². The van der Waals surface area contributed by atoms with Gasteiger partial charge >= 0.3 is 5.97 Å². The number of benzene rings is 3. The van der Waals surface area contributed by atoms with Crippen molar-refractivity contribution in [1.82, 2.24) is 9.88 Å². The quantitative estimate of drug-likeness (QED) is 0.227. The molecule has 0 bridgehead atoms. The summed E-state index contributed by atoms with van der Waals surface area (Å²) in [6, 6.07) is 17.8. The number of carbonyl (C=O) groups is 1. The van der Waals surface area contributed by atoms with Gasteiger partial charge in [0.05, 0.1) is 48.2 Å². The lowest BCUT2D eigenvalue weighted by molar-refractivity contribution is 0.0601. The van der Waals surface area contributed by atoms with Gasteiger partial charge in [0.25, 0.3) is 0 Å². The Morgan fingerprint density at radius 3 is 2.46 bits per heavy atom. The molecule has 4 aromatic rings. The monoisotopic (exact) mass is 576 g/mol. The average molecular weight is 577 g/mol. The van der Waals surface area contributed by atoms with Crippen molar-refractivity contribution in [2.75, 3.05) is 51.5 Å². The molecule has 41 heavy (non-hydrogen) atoms. The van der Waals surface area contributed by atoms with Crippen LogP contribution in [0.4, 0.5) is 11.4 Å². The number of sulfonamides is 1. The summed E-state index contributed by atoms with van der Waals surface area (Å²) >= 11 is 0. The number of aliphatic imine (C=N–C) groups is 1. The second-order valence-electron chi connectivity index (χ2n) is 10.1. The Morgan fingerprint density at radius 1 is 1.05 bits per heavy atom. The van der Waals surface area contributed by atoms with Crippen LogP contribution in [0.25, 0.3) is 10.9 Å². The number of hydrogen-bond donors (Lipinski definition) is 2. The van der Waals surface area contributed by atoms with Gasteiger partial charge in [-0.05, 0) is 62.1 Å². The fraction of sp³-hybridized carbons (Fsp3) is 0.267. The first kappa shape index (κ1) is 28.2. The zero-order valence-electron chi connectivity index (χ0n) is 23.3. The lowest BCUT2D eigenvalue weighted by Gasteiger charge is -2.24. The fourth-order valence-electron chi connectivity index (χ4n) is 4.85. The van der Waals surface area contributed by atoms with Crippen LogP contribution in [0.1, 0.15) is 27.0 Å². The third-order valence-corrected chi connectivity index (χ3v) is 8.13. The third-order valence-electron chi connectivity index (χ3n) is 6.94. The maximum Gasteiger partial charge on any atom is 0.337 e. The summed E-state index contributed by atoms with van der Waals surface area (Å²) < 4.78 is 37.0. The molecule has 0 amide bonds.